The summed E-state index contributed by atoms with van der Waals surface area (Å²) in [5.41, 5.74) is 2.60. The molecule has 0 aliphatic heterocycles. The van der Waals surface area contributed by atoms with Crippen molar-refractivity contribution in [1.29, 1.82) is 0 Å². The zero-order valence-corrected chi connectivity index (χ0v) is 19.5. The Labute approximate surface area is 194 Å². The average Bonchev–Trinajstić information content (AvgIpc) is 3.05. The quantitative estimate of drug-likeness (QED) is 0.429. The van der Waals surface area contributed by atoms with Crippen LogP contribution in [0.5, 0.6) is 0 Å². The fourth-order valence-corrected chi connectivity index (χ4v) is 4.71. The molecule has 0 fully saturated rings. The summed E-state index contributed by atoms with van der Waals surface area (Å²) in [6.07, 6.45) is -4.02. The predicted molar refractivity (Wildman–Crippen MR) is 122 cm³/mol. The van der Waals surface area contributed by atoms with Crippen LogP contribution in [0.2, 0.25) is 0 Å². The van der Waals surface area contributed by atoms with Crippen molar-refractivity contribution < 1.29 is 27.5 Å². The van der Waals surface area contributed by atoms with E-state index in [0.29, 0.717) is 23.1 Å². The Morgan fingerprint density at radius 3 is 2.15 bits per heavy atom. The summed E-state index contributed by atoms with van der Waals surface area (Å²) < 4.78 is 43.2. The Morgan fingerprint density at radius 2 is 1.61 bits per heavy atom. The highest BCUT2D eigenvalue weighted by molar-refractivity contribution is 7.12. The van der Waals surface area contributed by atoms with Gasteiger partial charge in [-0.15, -0.1) is 11.3 Å². The molecule has 0 spiro atoms. The third-order valence-electron chi connectivity index (χ3n) is 5.45. The van der Waals surface area contributed by atoms with Crippen molar-refractivity contribution in [2.75, 3.05) is 7.11 Å². The number of ether oxygens (including phenoxy) is 1. The lowest BCUT2D eigenvalue weighted by molar-refractivity contribution is -0.137. The number of benzene rings is 2. The van der Waals surface area contributed by atoms with Crippen LogP contribution < -0.4 is 5.32 Å². The number of hydrogen-bond donors (Lipinski definition) is 1. The number of rotatable bonds is 6. The van der Waals surface area contributed by atoms with Gasteiger partial charge in [0.05, 0.1) is 29.8 Å². The number of alkyl halides is 3. The molecule has 0 saturated heterocycles. The largest absolute Gasteiger partial charge is 0.465 e. The number of esters is 1. The first-order valence-corrected chi connectivity index (χ1v) is 11.1. The molecular weight excluding hydrogens is 451 g/mol. The van der Waals surface area contributed by atoms with Crippen LogP contribution in [0.25, 0.3) is 0 Å². The normalized spacial score (nSPS) is 12.3. The van der Waals surface area contributed by atoms with E-state index in [1.807, 2.05) is 20.8 Å². The highest BCUT2D eigenvalue weighted by atomic mass is 32.1. The first-order chi connectivity index (χ1) is 15.5. The summed E-state index contributed by atoms with van der Waals surface area (Å²) in [6.45, 7) is 5.61. The van der Waals surface area contributed by atoms with E-state index in [1.165, 1.54) is 30.6 Å². The van der Waals surface area contributed by atoms with Crippen molar-refractivity contribution in [3.63, 3.8) is 0 Å². The molecule has 4 nitrogen and oxygen atoms in total. The van der Waals surface area contributed by atoms with Gasteiger partial charge in [0.25, 0.3) is 5.91 Å². The number of aryl methyl sites for hydroxylation is 2. The fourth-order valence-electron chi connectivity index (χ4n) is 3.63. The Morgan fingerprint density at radius 1 is 1.00 bits per heavy atom. The van der Waals surface area contributed by atoms with E-state index in [0.717, 1.165) is 33.0 Å². The number of hydrogen-bond acceptors (Lipinski definition) is 4. The molecule has 0 aliphatic carbocycles. The van der Waals surface area contributed by atoms with Crippen LogP contribution in [-0.2, 0) is 17.3 Å². The number of amides is 1. The monoisotopic (exact) mass is 475 g/mol. The second kappa shape index (κ2) is 9.79. The average molecular weight is 476 g/mol. The van der Waals surface area contributed by atoms with Crippen LogP contribution in [0.4, 0.5) is 13.2 Å². The van der Waals surface area contributed by atoms with Crippen molar-refractivity contribution in [3.8, 4) is 0 Å². The number of halogens is 3. The van der Waals surface area contributed by atoms with Gasteiger partial charge in [0.2, 0.25) is 0 Å². The zero-order chi connectivity index (χ0) is 24.3. The molecule has 0 saturated carbocycles. The van der Waals surface area contributed by atoms with Gasteiger partial charge >= 0.3 is 12.1 Å². The molecule has 1 N–H and O–H groups in total. The van der Waals surface area contributed by atoms with E-state index in [4.69, 9.17) is 4.74 Å². The van der Waals surface area contributed by atoms with Crippen LogP contribution in [-0.4, -0.2) is 19.0 Å². The molecule has 0 bridgehead atoms. The van der Waals surface area contributed by atoms with E-state index in [-0.39, 0.29) is 11.9 Å². The first-order valence-electron chi connectivity index (χ1n) is 10.3. The molecule has 1 atom stereocenters. The van der Waals surface area contributed by atoms with Gasteiger partial charge in [-0.1, -0.05) is 24.3 Å². The van der Waals surface area contributed by atoms with Gasteiger partial charge in [-0.3, -0.25) is 4.79 Å². The molecule has 174 valence electrons. The Bertz CT molecular complexity index is 1150. The molecule has 0 radical (unpaired) electrons. The SMILES string of the molecule is COC(=O)c1ccc(C(C)NC(=O)c2c(C)sc(C)c2Cc2ccc(C(F)(F)F)cc2)cc1. The third-order valence-corrected chi connectivity index (χ3v) is 6.52. The Balaban J connectivity index is 1.79. The highest BCUT2D eigenvalue weighted by Gasteiger charge is 2.30. The second-order valence-corrected chi connectivity index (χ2v) is 9.18. The molecule has 3 aromatic rings. The maximum atomic E-state index is 13.2. The van der Waals surface area contributed by atoms with E-state index in [2.05, 4.69) is 5.32 Å². The van der Waals surface area contributed by atoms with E-state index in [1.54, 1.807) is 24.3 Å². The number of thiophene rings is 1. The molecule has 8 heteroatoms. The molecule has 2 aromatic carbocycles. The van der Waals surface area contributed by atoms with Crippen molar-refractivity contribution in [2.45, 2.75) is 39.4 Å². The molecular formula is C25H24F3NO3S. The van der Waals surface area contributed by atoms with Crippen molar-refractivity contribution >= 4 is 23.2 Å². The van der Waals surface area contributed by atoms with Gasteiger partial charge in [-0.05, 0) is 68.1 Å². The van der Waals surface area contributed by atoms with Gasteiger partial charge in [-0.2, -0.15) is 13.2 Å². The van der Waals surface area contributed by atoms with Gasteiger partial charge in [-0.25, -0.2) is 4.79 Å². The number of nitrogens with one attached hydrogen (secondary N) is 1. The predicted octanol–water partition coefficient (Wildman–Crippen LogP) is 6.25. The Kier molecular flexibility index (Phi) is 7.27. The molecule has 0 aliphatic rings. The summed E-state index contributed by atoms with van der Waals surface area (Å²) in [4.78, 5) is 26.6. The summed E-state index contributed by atoms with van der Waals surface area (Å²) in [5, 5.41) is 2.99. The maximum absolute atomic E-state index is 13.2. The first kappa shape index (κ1) is 24.5. The van der Waals surface area contributed by atoms with Crippen LogP contribution in [0.15, 0.2) is 48.5 Å². The minimum absolute atomic E-state index is 0.247. The zero-order valence-electron chi connectivity index (χ0n) is 18.7. The van der Waals surface area contributed by atoms with E-state index in [9.17, 15) is 22.8 Å². The number of carbonyl (C=O) groups excluding carboxylic acids is 2. The van der Waals surface area contributed by atoms with E-state index < -0.39 is 17.7 Å². The number of methoxy groups -OCH3 is 1. The molecule has 1 aromatic heterocycles. The van der Waals surface area contributed by atoms with Crippen molar-refractivity contribution in [1.82, 2.24) is 5.32 Å². The smallest absolute Gasteiger partial charge is 0.416 e. The summed E-state index contributed by atoms with van der Waals surface area (Å²) in [7, 11) is 1.31. The minimum atomic E-state index is -4.39. The molecule has 3 rings (SSSR count). The molecule has 1 unspecified atom stereocenters. The van der Waals surface area contributed by atoms with Crippen LogP contribution in [0.3, 0.4) is 0 Å². The third kappa shape index (κ3) is 5.63. The lowest BCUT2D eigenvalue weighted by Crippen LogP contribution is -2.27. The Hall–Kier alpha value is -3.13. The highest BCUT2D eigenvalue weighted by Crippen LogP contribution is 2.32. The van der Waals surface area contributed by atoms with Gasteiger partial charge in [0.15, 0.2) is 0 Å². The second-order valence-electron chi connectivity index (χ2n) is 7.75. The van der Waals surface area contributed by atoms with E-state index >= 15 is 0 Å². The van der Waals surface area contributed by atoms with Crippen molar-refractivity contribution in [3.05, 3.63) is 91.7 Å². The summed E-state index contributed by atoms with van der Waals surface area (Å²) in [6, 6.07) is 11.5. The fraction of sp³-hybridized carbons (Fsp3) is 0.280. The standard InChI is InChI=1S/C25H24F3NO3S/c1-14(18-7-9-19(10-8-18)24(31)32-4)29-23(30)22-16(3)33-15(2)21(22)13-17-5-11-20(12-6-17)25(26,27)28/h5-12,14H,13H2,1-4H3,(H,29,30). The molecule has 33 heavy (non-hydrogen) atoms. The lowest BCUT2D eigenvalue weighted by atomic mass is 9.98. The van der Waals surface area contributed by atoms with Gasteiger partial charge in [0, 0.05) is 9.75 Å². The number of carbonyl (C=O) groups is 2. The summed E-state index contributed by atoms with van der Waals surface area (Å²) >= 11 is 1.49. The van der Waals surface area contributed by atoms with Crippen LogP contribution >= 0.6 is 11.3 Å². The minimum Gasteiger partial charge on any atom is -0.465 e. The molecule has 1 amide bonds. The van der Waals surface area contributed by atoms with Crippen molar-refractivity contribution in [2.24, 2.45) is 0 Å². The topological polar surface area (TPSA) is 55.4 Å². The van der Waals surface area contributed by atoms with Gasteiger partial charge < -0.3 is 10.1 Å². The van der Waals surface area contributed by atoms with Gasteiger partial charge in [0.1, 0.15) is 0 Å². The molecule has 1 heterocycles. The van der Waals surface area contributed by atoms with Crippen LogP contribution in [0, 0.1) is 13.8 Å². The lowest BCUT2D eigenvalue weighted by Gasteiger charge is -2.16. The summed E-state index contributed by atoms with van der Waals surface area (Å²) in [5.74, 6) is -0.682. The van der Waals surface area contributed by atoms with Crippen LogP contribution in [0.1, 0.15) is 65.7 Å². The maximum Gasteiger partial charge on any atom is 0.416 e.